The lowest BCUT2D eigenvalue weighted by Gasteiger charge is -2.37. The first-order valence-corrected chi connectivity index (χ1v) is 18.9. The predicted octanol–water partition coefficient (Wildman–Crippen LogP) is 2.04. The van der Waals surface area contributed by atoms with E-state index in [0.29, 0.717) is 32.4 Å². The second-order valence-electron chi connectivity index (χ2n) is 13.9. The first-order valence-electron chi connectivity index (χ1n) is 17.3. The molecule has 3 rings (SSSR count). The smallest absolute Gasteiger partial charge is 0.237 e. The van der Waals surface area contributed by atoms with Crippen molar-refractivity contribution in [2.75, 3.05) is 26.7 Å². The van der Waals surface area contributed by atoms with Crippen LogP contribution in [-0.2, 0) is 24.4 Å². The molecule has 0 spiro atoms. The van der Waals surface area contributed by atoms with Crippen LogP contribution >= 0.6 is 0 Å². The summed E-state index contributed by atoms with van der Waals surface area (Å²) in [5.74, 6) is -1.84. The monoisotopic (exact) mass is 657 g/mol. The Morgan fingerprint density at radius 2 is 1.47 bits per heavy atom. The van der Waals surface area contributed by atoms with Crippen molar-refractivity contribution in [3.05, 3.63) is 0 Å². The number of rotatable bonds is 15. The van der Waals surface area contributed by atoms with E-state index in [4.69, 9.17) is 5.14 Å². The fourth-order valence-corrected chi connectivity index (χ4v) is 8.53. The third-order valence-corrected chi connectivity index (χ3v) is 11.4. The zero-order valence-corrected chi connectivity index (χ0v) is 28.5. The van der Waals surface area contributed by atoms with Crippen molar-refractivity contribution in [1.82, 2.24) is 20.7 Å². The molecule has 3 aliphatic rings. The summed E-state index contributed by atoms with van der Waals surface area (Å²) in [5.41, 5.74) is 2.90. The van der Waals surface area contributed by atoms with E-state index in [-0.39, 0.29) is 55.6 Å². The van der Waals surface area contributed by atoms with Crippen LogP contribution in [0.2, 0.25) is 0 Å². The van der Waals surface area contributed by atoms with Crippen LogP contribution in [0.15, 0.2) is 0 Å². The van der Waals surface area contributed by atoms with E-state index in [9.17, 15) is 33.0 Å². The zero-order chi connectivity index (χ0) is 33.1. The molecular formula is C32H59N5O7S. The van der Waals surface area contributed by atoms with E-state index in [1.54, 1.807) is 17.0 Å². The summed E-state index contributed by atoms with van der Waals surface area (Å²) >= 11 is 0. The molecule has 0 bridgehead atoms. The number of carbonyl (C=O) groups excluding carboxylic acids is 3. The number of hydrogen-bond acceptors (Lipinski definition) is 8. The summed E-state index contributed by atoms with van der Waals surface area (Å²) in [7, 11) is -2.29. The first-order chi connectivity index (χ1) is 21.3. The van der Waals surface area contributed by atoms with Crippen LogP contribution in [0.4, 0.5) is 0 Å². The minimum atomic E-state index is -3.99. The largest absolute Gasteiger partial charge is 0.393 e. The molecule has 0 heterocycles. The Labute approximate surface area is 270 Å². The van der Waals surface area contributed by atoms with Crippen molar-refractivity contribution in [3.8, 4) is 0 Å². The van der Waals surface area contributed by atoms with Gasteiger partial charge in [-0.25, -0.2) is 18.6 Å². The van der Waals surface area contributed by atoms with Crippen molar-refractivity contribution in [2.24, 2.45) is 28.8 Å². The lowest BCUT2D eigenvalue weighted by molar-refractivity contribution is -0.139. The Kier molecular flexibility index (Phi) is 15.0. The highest BCUT2D eigenvalue weighted by atomic mass is 32.2. The number of nitrogens with two attached hydrogens (primary N) is 1. The number of hydrogen-bond donors (Lipinski definition) is 5. The highest BCUT2D eigenvalue weighted by Crippen LogP contribution is 2.35. The fourth-order valence-electron chi connectivity index (χ4n) is 7.53. The minimum Gasteiger partial charge on any atom is -0.393 e. The average Bonchev–Trinajstić information content (AvgIpc) is 3.00. The molecule has 0 aliphatic heterocycles. The summed E-state index contributed by atoms with van der Waals surface area (Å²) in [6, 6.07) is -0.660. The summed E-state index contributed by atoms with van der Waals surface area (Å²) in [5, 5.41) is 30.6. The van der Waals surface area contributed by atoms with Crippen LogP contribution in [0.3, 0.4) is 0 Å². The van der Waals surface area contributed by atoms with Gasteiger partial charge in [-0.1, -0.05) is 33.1 Å². The van der Waals surface area contributed by atoms with Crippen LogP contribution in [0, 0.1) is 23.7 Å². The van der Waals surface area contributed by atoms with Gasteiger partial charge in [-0.15, -0.1) is 0 Å². The van der Waals surface area contributed by atoms with E-state index in [2.05, 4.69) is 10.7 Å². The van der Waals surface area contributed by atoms with Crippen LogP contribution < -0.4 is 15.9 Å². The second-order valence-corrected chi connectivity index (χ2v) is 15.8. The summed E-state index contributed by atoms with van der Waals surface area (Å²) < 4.78 is 25.0. The number of amides is 3. The Morgan fingerprint density at radius 3 is 2.04 bits per heavy atom. The highest BCUT2D eigenvalue weighted by molar-refractivity contribution is 7.89. The summed E-state index contributed by atoms with van der Waals surface area (Å²) in [4.78, 5) is 41.9. The van der Waals surface area contributed by atoms with Gasteiger partial charge < -0.3 is 20.4 Å². The molecule has 0 aromatic rings. The van der Waals surface area contributed by atoms with E-state index in [0.717, 1.165) is 57.8 Å². The predicted molar refractivity (Wildman–Crippen MR) is 173 cm³/mol. The van der Waals surface area contributed by atoms with Crippen LogP contribution in [0.25, 0.3) is 0 Å². The van der Waals surface area contributed by atoms with Gasteiger partial charge in [0.05, 0.1) is 23.5 Å². The number of aliphatic hydroxyl groups is 2. The number of nitrogens with one attached hydrogen (secondary N) is 2. The highest BCUT2D eigenvalue weighted by Gasteiger charge is 2.42. The number of sulfonamides is 1. The molecule has 3 saturated carbocycles. The molecule has 6 N–H and O–H groups in total. The van der Waals surface area contributed by atoms with E-state index < -0.39 is 45.2 Å². The van der Waals surface area contributed by atoms with Crippen molar-refractivity contribution < 1.29 is 33.0 Å². The van der Waals surface area contributed by atoms with Gasteiger partial charge in [-0.2, -0.15) is 0 Å². The van der Waals surface area contributed by atoms with Gasteiger partial charge in [0.15, 0.2) is 0 Å². The molecule has 12 nitrogen and oxygen atoms in total. The van der Waals surface area contributed by atoms with Crippen molar-refractivity contribution in [2.45, 2.75) is 134 Å². The molecule has 0 aromatic carbocycles. The van der Waals surface area contributed by atoms with Crippen molar-refractivity contribution in [1.29, 1.82) is 0 Å². The molecule has 0 saturated heterocycles. The lowest BCUT2D eigenvalue weighted by Crippen LogP contribution is -2.54. The summed E-state index contributed by atoms with van der Waals surface area (Å²) in [6.45, 7) is 5.19. The minimum absolute atomic E-state index is 0.0196. The molecule has 45 heavy (non-hydrogen) atoms. The summed E-state index contributed by atoms with van der Waals surface area (Å²) in [6.07, 6.45) is 8.77. The fraction of sp³-hybridized carbons (Fsp3) is 0.906. The quantitative estimate of drug-likeness (QED) is 0.166. The molecule has 0 radical (unpaired) electrons. The molecular weight excluding hydrogens is 598 g/mol. The zero-order valence-electron chi connectivity index (χ0n) is 27.7. The standard InChI is InChI=1S/C32H59N5O7S/c1-4-15-37(16-5-2)32(42)25-18-24(19-27(20-25)45(33,43)44)30(40)34-28(17-22-11-13-26(38)14-12-22)29(39)21-36(3)35-31(41)23-9-7-6-8-10-23/h22-29,38-39H,4-21H2,1-3H3,(H,34,40)(H,35,41)(H2,33,43,44). The third kappa shape index (κ3) is 11.7. The molecule has 3 amide bonds. The maximum absolute atomic E-state index is 13.8. The normalized spacial score (nSPS) is 27.8. The lowest BCUT2D eigenvalue weighted by atomic mass is 9.79. The van der Waals surface area contributed by atoms with Gasteiger partial charge in [-0.3, -0.25) is 19.8 Å². The van der Waals surface area contributed by atoms with Crippen molar-refractivity contribution >= 4 is 27.7 Å². The van der Waals surface area contributed by atoms with Crippen LogP contribution in [0.1, 0.15) is 110 Å². The Hall–Kier alpha value is -1.80. The molecule has 13 heteroatoms. The third-order valence-electron chi connectivity index (χ3n) is 10.1. The molecule has 5 atom stereocenters. The Morgan fingerprint density at radius 1 is 0.867 bits per heavy atom. The molecule has 5 unspecified atom stereocenters. The number of carbonyl (C=O) groups is 3. The number of aliphatic hydroxyl groups excluding tert-OH is 2. The van der Waals surface area contributed by atoms with Gasteiger partial charge in [0.25, 0.3) is 0 Å². The van der Waals surface area contributed by atoms with Gasteiger partial charge >= 0.3 is 0 Å². The number of primary sulfonamides is 1. The molecule has 3 fully saturated rings. The van der Waals surface area contributed by atoms with Gasteiger partial charge in [-0.05, 0) is 83.0 Å². The topological polar surface area (TPSA) is 182 Å². The molecule has 260 valence electrons. The maximum atomic E-state index is 13.8. The van der Waals surface area contributed by atoms with Crippen LogP contribution in [-0.4, -0.2) is 96.4 Å². The van der Waals surface area contributed by atoms with Gasteiger partial charge in [0.1, 0.15) is 0 Å². The molecule has 0 aromatic heterocycles. The average molecular weight is 658 g/mol. The molecule has 3 aliphatic carbocycles. The van der Waals surface area contributed by atoms with E-state index >= 15 is 0 Å². The number of nitrogens with zero attached hydrogens (tertiary/aromatic N) is 2. The first kappa shape index (κ1) is 37.7. The van der Waals surface area contributed by atoms with Gasteiger partial charge in [0.2, 0.25) is 27.7 Å². The number of hydrazine groups is 1. The van der Waals surface area contributed by atoms with E-state index in [1.807, 2.05) is 13.8 Å². The van der Waals surface area contributed by atoms with Crippen LogP contribution in [0.5, 0.6) is 0 Å². The second kappa shape index (κ2) is 17.9. The van der Waals surface area contributed by atoms with Crippen molar-refractivity contribution in [3.63, 3.8) is 0 Å². The SMILES string of the molecule is CCCN(CCC)C(=O)C1CC(C(=O)NC(CC2CCC(O)CC2)C(O)CN(C)NC(=O)C2CCCCC2)CC(S(N)(=O)=O)C1. The van der Waals surface area contributed by atoms with Gasteiger partial charge in [0, 0.05) is 44.4 Å². The Balaban J connectivity index is 1.73. The Bertz CT molecular complexity index is 1060. The van der Waals surface area contributed by atoms with E-state index in [1.165, 1.54) is 0 Å². The maximum Gasteiger partial charge on any atom is 0.237 e. The number of likely N-dealkylation sites (N-methyl/N-ethyl adjacent to an activating group) is 1.